The van der Waals surface area contributed by atoms with E-state index in [1.807, 2.05) is 24.3 Å². The van der Waals surface area contributed by atoms with Crippen LogP contribution in [0.1, 0.15) is 32.3 Å². The number of amides is 1. The fraction of sp³-hybridized carbons (Fsp3) is 0.389. The number of nitrogens with one attached hydrogen (secondary N) is 1. The van der Waals surface area contributed by atoms with Crippen molar-refractivity contribution in [2.75, 3.05) is 6.54 Å². The van der Waals surface area contributed by atoms with Crippen LogP contribution in [0.2, 0.25) is 0 Å². The predicted octanol–water partition coefficient (Wildman–Crippen LogP) is 3.02. The molecule has 0 fully saturated rings. The molecule has 0 radical (unpaired) electrons. The second-order valence-corrected chi connectivity index (χ2v) is 5.82. The Morgan fingerprint density at radius 3 is 2.62 bits per heavy atom. The van der Waals surface area contributed by atoms with Crippen LogP contribution in [-0.4, -0.2) is 18.0 Å². The van der Waals surface area contributed by atoms with Crippen molar-refractivity contribution < 1.29 is 4.79 Å². The van der Waals surface area contributed by atoms with Crippen molar-refractivity contribution in [2.45, 2.75) is 38.6 Å². The largest absolute Gasteiger partial charge is 0.351 e. The molecule has 2 rings (SSSR count). The van der Waals surface area contributed by atoms with E-state index < -0.39 is 0 Å². The number of nitrogens with two attached hydrogens (primary N) is 1. The van der Waals surface area contributed by atoms with Gasteiger partial charge in [0.1, 0.15) is 0 Å². The van der Waals surface area contributed by atoms with Gasteiger partial charge in [0, 0.05) is 5.54 Å². The van der Waals surface area contributed by atoms with E-state index in [1.165, 1.54) is 5.39 Å². The van der Waals surface area contributed by atoms with Crippen molar-refractivity contribution in [1.29, 1.82) is 0 Å². The van der Waals surface area contributed by atoms with Gasteiger partial charge in [-0.3, -0.25) is 4.79 Å². The Kier molecular flexibility index (Phi) is 4.97. The smallest absolute Gasteiger partial charge is 0.224 e. The molecule has 0 aromatic heterocycles. The molecule has 3 nitrogen and oxygen atoms in total. The molecule has 112 valence electrons. The average molecular weight is 284 g/mol. The Morgan fingerprint density at radius 2 is 1.90 bits per heavy atom. The molecule has 3 heteroatoms. The molecule has 0 aliphatic carbocycles. The zero-order valence-electron chi connectivity index (χ0n) is 12.9. The van der Waals surface area contributed by atoms with Gasteiger partial charge in [-0.05, 0) is 42.6 Å². The Morgan fingerprint density at radius 1 is 1.19 bits per heavy atom. The quantitative estimate of drug-likeness (QED) is 0.856. The van der Waals surface area contributed by atoms with Crippen molar-refractivity contribution in [3.63, 3.8) is 0 Å². The van der Waals surface area contributed by atoms with E-state index in [2.05, 4.69) is 37.4 Å². The maximum Gasteiger partial charge on any atom is 0.224 e. The van der Waals surface area contributed by atoms with E-state index in [-0.39, 0.29) is 11.4 Å². The summed E-state index contributed by atoms with van der Waals surface area (Å²) in [5.41, 5.74) is 6.50. The maximum absolute atomic E-state index is 12.4. The van der Waals surface area contributed by atoms with Crippen molar-refractivity contribution in [1.82, 2.24) is 5.32 Å². The number of fused-ring (bicyclic) bond motifs is 1. The number of carbonyl (C=O) groups is 1. The molecule has 0 heterocycles. The molecule has 0 bridgehead atoms. The van der Waals surface area contributed by atoms with Crippen molar-refractivity contribution in [2.24, 2.45) is 5.73 Å². The second kappa shape index (κ2) is 6.72. The van der Waals surface area contributed by atoms with Crippen LogP contribution in [0.4, 0.5) is 0 Å². The molecule has 1 amide bonds. The van der Waals surface area contributed by atoms with Crippen molar-refractivity contribution in [3.8, 4) is 0 Å². The predicted molar refractivity (Wildman–Crippen MR) is 88.2 cm³/mol. The van der Waals surface area contributed by atoms with E-state index in [0.29, 0.717) is 13.0 Å². The molecule has 1 unspecified atom stereocenters. The number of carbonyl (C=O) groups excluding carboxylic acids is 1. The topological polar surface area (TPSA) is 55.1 Å². The maximum atomic E-state index is 12.4. The zero-order chi connectivity index (χ0) is 15.3. The third-order valence-electron chi connectivity index (χ3n) is 4.15. The lowest BCUT2D eigenvalue weighted by Crippen LogP contribution is -2.47. The molecule has 3 N–H and O–H groups in total. The Hall–Kier alpha value is -1.87. The first-order chi connectivity index (χ1) is 10.1. The molecule has 0 aliphatic rings. The summed E-state index contributed by atoms with van der Waals surface area (Å²) in [4.78, 5) is 12.4. The minimum absolute atomic E-state index is 0.0594. The summed E-state index contributed by atoms with van der Waals surface area (Å²) in [7, 11) is 0. The number of hydrogen-bond acceptors (Lipinski definition) is 2. The minimum atomic E-state index is -0.212. The van der Waals surface area contributed by atoms with E-state index in [9.17, 15) is 4.79 Å². The van der Waals surface area contributed by atoms with E-state index in [4.69, 9.17) is 5.73 Å². The summed E-state index contributed by atoms with van der Waals surface area (Å²) in [6.07, 6.45) is 2.08. The zero-order valence-corrected chi connectivity index (χ0v) is 12.9. The van der Waals surface area contributed by atoms with Crippen LogP contribution in [0.3, 0.4) is 0 Å². The fourth-order valence-electron chi connectivity index (χ4n) is 2.65. The second-order valence-electron chi connectivity index (χ2n) is 5.82. The lowest BCUT2D eigenvalue weighted by atomic mass is 9.93. The third kappa shape index (κ3) is 3.82. The summed E-state index contributed by atoms with van der Waals surface area (Å²) >= 11 is 0. The van der Waals surface area contributed by atoms with Crippen LogP contribution < -0.4 is 11.1 Å². The van der Waals surface area contributed by atoms with Gasteiger partial charge in [-0.25, -0.2) is 0 Å². The minimum Gasteiger partial charge on any atom is -0.351 e. The standard InChI is InChI=1S/C18H24N2O/c1-3-18(2,11-12-19)20-17(21)13-15-9-6-8-14-7-4-5-10-16(14)15/h4-10H,3,11-13,19H2,1-2H3,(H,20,21). The summed E-state index contributed by atoms with van der Waals surface area (Å²) in [6.45, 7) is 4.72. The molecule has 21 heavy (non-hydrogen) atoms. The first kappa shape index (κ1) is 15.5. The van der Waals surface area contributed by atoms with Gasteiger partial charge in [0.15, 0.2) is 0 Å². The van der Waals surface area contributed by atoms with E-state index >= 15 is 0 Å². The highest BCUT2D eigenvalue weighted by Crippen LogP contribution is 2.20. The molecule has 1 atom stereocenters. The molecular weight excluding hydrogens is 260 g/mol. The summed E-state index contributed by atoms with van der Waals surface area (Å²) < 4.78 is 0. The van der Waals surface area contributed by atoms with Gasteiger partial charge in [-0.1, -0.05) is 49.4 Å². The van der Waals surface area contributed by atoms with Crippen LogP contribution in [0.25, 0.3) is 10.8 Å². The first-order valence-corrected chi connectivity index (χ1v) is 7.56. The molecule has 0 spiro atoms. The third-order valence-corrected chi connectivity index (χ3v) is 4.15. The van der Waals surface area contributed by atoms with Gasteiger partial charge in [0.05, 0.1) is 6.42 Å². The SMILES string of the molecule is CCC(C)(CCN)NC(=O)Cc1cccc2ccccc12. The van der Waals surface area contributed by atoms with Crippen LogP contribution >= 0.6 is 0 Å². The van der Waals surface area contributed by atoms with Gasteiger partial charge in [0.25, 0.3) is 0 Å². The van der Waals surface area contributed by atoms with Gasteiger partial charge >= 0.3 is 0 Å². The lowest BCUT2D eigenvalue weighted by molar-refractivity contribution is -0.122. The highest BCUT2D eigenvalue weighted by atomic mass is 16.1. The molecule has 2 aromatic carbocycles. The van der Waals surface area contributed by atoms with E-state index in [0.717, 1.165) is 23.8 Å². The normalized spacial score (nSPS) is 13.9. The molecule has 0 aliphatic heterocycles. The summed E-state index contributed by atoms with van der Waals surface area (Å²) in [5, 5.41) is 5.45. The van der Waals surface area contributed by atoms with Crippen LogP contribution in [-0.2, 0) is 11.2 Å². The highest BCUT2D eigenvalue weighted by molar-refractivity contribution is 5.90. The van der Waals surface area contributed by atoms with Crippen LogP contribution in [0, 0.1) is 0 Å². The Labute approximate surface area is 126 Å². The summed E-state index contributed by atoms with van der Waals surface area (Å²) in [5.74, 6) is 0.0594. The molecule has 0 saturated carbocycles. The number of benzene rings is 2. The monoisotopic (exact) mass is 284 g/mol. The van der Waals surface area contributed by atoms with Gasteiger partial charge in [-0.2, -0.15) is 0 Å². The molecule has 2 aromatic rings. The molecule has 0 saturated heterocycles. The number of rotatable bonds is 6. The van der Waals surface area contributed by atoms with Gasteiger partial charge in [0.2, 0.25) is 5.91 Å². The highest BCUT2D eigenvalue weighted by Gasteiger charge is 2.23. The van der Waals surface area contributed by atoms with Crippen molar-refractivity contribution >= 4 is 16.7 Å². The first-order valence-electron chi connectivity index (χ1n) is 7.56. The van der Waals surface area contributed by atoms with Crippen molar-refractivity contribution in [3.05, 3.63) is 48.0 Å². The summed E-state index contributed by atoms with van der Waals surface area (Å²) in [6, 6.07) is 14.3. The lowest BCUT2D eigenvalue weighted by Gasteiger charge is -2.29. The Bertz CT molecular complexity index is 618. The van der Waals surface area contributed by atoms with Gasteiger partial charge < -0.3 is 11.1 Å². The van der Waals surface area contributed by atoms with Gasteiger partial charge in [-0.15, -0.1) is 0 Å². The van der Waals surface area contributed by atoms with Crippen LogP contribution in [0.5, 0.6) is 0 Å². The Balaban J connectivity index is 2.15. The number of hydrogen-bond donors (Lipinski definition) is 2. The van der Waals surface area contributed by atoms with E-state index in [1.54, 1.807) is 0 Å². The average Bonchev–Trinajstić information content (AvgIpc) is 2.48. The fourth-order valence-corrected chi connectivity index (χ4v) is 2.65. The molecular formula is C18H24N2O. The van der Waals surface area contributed by atoms with Crippen LogP contribution in [0.15, 0.2) is 42.5 Å².